The minimum atomic E-state index is -1.80. The summed E-state index contributed by atoms with van der Waals surface area (Å²) in [5.74, 6) is 0. The molecule has 0 heterocycles. The molecule has 0 saturated heterocycles. The standard InChI is InChI=1S/C11H24OSSi2/c1-11(2,3)12-15(7,8)10-9-13-14(4,5)6/h1-8H3. The van der Waals surface area contributed by atoms with Crippen molar-refractivity contribution in [2.24, 2.45) is 0 Å². The molecule has 0 aliphatic heterocycles. The molecule has 0 aromatic rings. The zero-order valence-corrected chi connectivity index (χ0v) is 14.1. The monoisotopic (exact) mass is 260 g/mol. The molecule has 88 valence electrons. The van der Waals surface area contributed by atoms with E-state index in [9.17, 15) is 0 Å². The molecule has 0 fully saturated rings. The van der Waals surface area contributed by atoms with Gasteiger partial charge in [-0.25, -0.2) is 0 Å². The summed E-state index contributed by atoms with van der Waals surface area (Å²) in [7, 11) is -2.90. The van der Waals surface area contributed by atoms with E-state index in [4.69, 9.17) is 4.43 Å². The van der Waals surface area contributed by atoms with Crippen molar-refractivity contribution in [2.45, 2.75) is 59.1 Å². The van der Waals surface area contributed by atoms with Crippen molar-refractivity contribution in [1.82, 2.24) is 0 Å². The average molecular weight is 261 g/mol. The highest BCUT2D eigenvalue weighted by molar-refractivity contribution is 8.32. The molecule has 0 aromatic heterocycles. The first-order chi connectivity index (χ1) is 6.41. The van der Waals surface area contributed by atoms with Crippen LogP contribution in [0.25, 0.3) is 0 Å². The Morgan fingerprint density at radius 3 is 1.80 bits per heavy atom. The van der Waals surface area contributed by atoms with Crippen LogP contribution in [0.4, 0.5) is 0 Å². The third-order valence-corrected chi connectivity index (χ3v) is 6.26. The Labute approximate surface area is 101 Å². The van der Waals surface area contributed by atoms with Crippen LogP contribution in [0.3, 0.4) is 0 Å². The molecule has 0 N–H and O–H groups in total. The Hall–Kier alpha value is 0.304. The molecular formula is C11H24OSSi2. The molecule has 0 aliphatic rings. The van der Waals surface area contributed by atoms with Crippen molar-refractivity contribution in [3.63, 3.8) is 0 Å². The lowest BCUT2D eigenvalue weighted by atomic mass is 10.2. The zero-order valence-electron chi connectivity index (χ0n) is 11.3. The Balaban J connectivity index is 4.37. The lowest BCUT2D eigenvalue weighted by Gasteiger charge is -2.28. The van der Waals surface area contributed by atoms with Gasteiger partial charge in [-0.3, -0.25) is 0 Å². The molecule has 0 spiro atoms. The minimum Gasteiger partial charge on any atom is -0.401 e. The number of hydrogen-bond donors (Lipinski definition) is 0. The number of rotatable bonds is 2. The molecule has 0 atom stereocenters. The topological polar surface area (TPSA) is 9.23 Å². The van der Waals surface area contributed by atoms with Crippen LogP contribution in [0.15, 0.2) is 0 Å². The van der Waals surface area contributed by atoms with E-state index in [0.29, 0.717) is 0 Å². The third-order valence-electron chi connectivity index (χ3n) is 1.27. The summed E-state index contributed by atoms with van der Waals surface area (Å²) < 4.78 is 6.01. The van der Waals surface area contributed by atoms with Gasteiger partial charge in [0.05, 0.1) is 0 Å². The van der Waals surface area contributed by atoms with Gasteiger partial charge in [0, 0.05) is 5.60 Å². The summed E-state index contributed by atoms with van der Waals surface area (Å²) in [5, 5.41) is 3.25. The third kappa shape index (κ3) is 10.6. The largest absolute Gasteiger partial charge is 0.401 e. The quantitative estimate of drug-likeness (QED) is 0.547. The van der Waals surface area contributed by atoms with Crippen LogP contribution in [-0.2, 0) is 4.43 Å². The second-order valence-electron chi connectivity index (χ2n) is 6.17. The molecule has 0 aromatic carbocycles. The zero-order chi connectivity index (χ0) is 12.3. The number of hydrogen-bond acceptors (Lipinski definition) is 2. The maximum Gasteiger partial charge on any atom is 0.267 e. The van der Waals surface area contributed by atoms with Gasteiger partial charge in [0.2, 0.25) is 0 Å². The first kappa shape index (κ1) is 15.3. The van der Waals surface area contributed by atoms with Gasteiger partial charge in [-0.15, -0.1) is 11.2 Å². The van der Waals surface area contributed by atoms with Crippen LogP contribution in [0, 0.1) is 10.8 Å². The van der Waals surface area contributed by atoms with E-state index in [2.05, 4.69) is 64.3 Å². The summed E-state index contributed by atoms with van der Waals surface area (Å²) in [5.41, 5.74) is 3.26. The predicted octanol–water partition coefficient (Wildman–Crippen LogP) is 4.07. The van der Waals surface area contributed by atoms with Gasteiger partial charge >= 0.3 is 0 Å². The van der Waals surface area contributed by atoms with Crippen molar-refractivity contribution >= 4 is 26.8 Å². The summed E-state index contributed by atoms with van der Waals surface area (Å²) in [4.78, 5) is 0. The summed E-state index contributed by atoms with van der Waals surface area (Å²) >= 11 is 1.82. The van der Waals surface area contributed by atoms with E-state index in [1.165, 1.54) is 0 Å². The van der Waals surface area contributed by atoms with Crippen LogP contribution >= 0.6 is 11.2 Å². The van der Waals surface area contributed by atoms with Gasteiger partial charge in [0.25, 0.3) is 8.32 Å². The highest BCUT2D eigenvalue weighted by Crippen LogP contribution is 2.19. The molecular weight excluding hydrogens is 236 g/mol. The molecule has 4 heteroatoms. The van der Waals surface area contributed by atoms with Gasteiger partial charge in [-0.1, -0.05) is 25.2 Å². The average Bonchev–Trinajstić information content (AvgIpc) is 1.75. The lowest BCUT2D eigenvalue weighted by molar-refractivity contribution is 0.125. The SMILES string of the molecule is CC(C)(C)O[Si](C)(C)C#CS[Si](C)(C)C. The summed E-state index contributed by atoms with van der Waals surface area (Å²) in [6, 6.07) is 0. The van der Waals surface area contributed by atoms with Crippen molar-refractivity contribution in [3.8, 4) is 10.8 Å². The van der Waals surface area contributed by atoms with E-state index < -0.39 is 15.5 Å². The lowest BCUT2D eigenvalue weighted by Crippen LogP contribution is -2.38. The fraction of sp³-hybridized carbons (Fsp3) is 0.818. The molecule has 0 radical (unpaired) electrons. The van der Waals surface area contributed by atoms with Gasteiger partial charge < -0.3 is 4.43 Å². The molecule has 15 heavy (non-hydrogen) atoms. The molecule has 0 saturated carbocycles. The summed E-state index contributed by atoms with van der Waals surface area (Å²) in [6.07, 6.45) is 0. The van der Waals surface area contributed by atoms with Crippen molar-refractivity contribution < 1.29 is 4.43 Å². The molecule has 0 aliphatic carbocycles. The molecule has 0 amide bonds. The highest BCUT2D eigenvalue weighted by Gasteiger charge is 2.26. The van der Waals surface area contributed by atoms with Crippen LogP contribution in [0.5, 0.6) is 0 Å². The van der Waals surface area contributed by atoms with E-state index in [-0.39, 0.29) is 5.60 Å². The van der Waals surface area contributed by atoms with E-state index in [1.807, 2.05) is 11.2 Å². The Bertz CT molecular complexity index is 263. The maximum atomic E-state index is 6.01. The van der Waals surface area contributed by atoms with Crippen molar-refractivity contribution in [1.29, 1.82) is 0 Å². The van der Waals surface area contributed by atoms with Crippen molar-refractivity contribution in [2.75, 3.05) is 0 Å². The molecule has 1 nitrogen and oxygen atoms in total. The highest BCUT2D eigenvalue weighted by atomic mass is 32.4. The summed E-state index contributed by atoms with van der Waals surface area (Å²) in [6.45, 7) is 17.5. The second-order valence-corrected chi connectivity index (χ2v) is 18.6. The van der Waals surface area contributed by atoms with Crippen LogP contribution in [0.1, 0.15) is 20.8 Å². The van der Waals surface area contributed by atoms with Gasteiger partial charge in [-0.05, 0) is 39.1 Å². The van der Waals surface area contributed by atoms with Crippen molar-refractivity contribution in [3.05, 3.63) is 0 Å². The van der Waals surface area contributed by atoms with Gasteiger partial charge in [-0.2, -0.15) is 0 Å². The second kappa shape index (κ2) is 5.09. The first-order valence-electron chi connectivity index (χ1n) is 5.32. The van der Waals surface area contributed by atoms with Gasteiger partial charge in [0.15, 0.2) is 0 Å². The Morgan fingerprint density at radius 2 is 1.47 bits per heavy atom. The van der Waals surface area contributed by atoms with Crippen LogP contribution < -0.4 is 0 Å². The minimum absolute atomic E-state index is 0.0752. The van der Waals surface area contributed by atoms with E-state index in [1.54, 1.807) is 0 Å². The molecule has 0 unspecified atom stereocenters. The fourth-order valence-corrected chi connectivity index (χ4v) is 5.55. The normalized spacial score (nSPS) is 13.3. The first-order valence-corrected chi connectivity index (χ1v) is 13.3. The maximum absolute atomic E-state index is 6.01. The van der Waals surface area contributed by atoms with Crippen LogP contribution in [0.2, 0.25) is 32.7 Å². The van der Waals surface area contributed by atoms with E-state index in [0.717, 1.165) is 0 Å². The van der Waals surface area contributed by atoms with Gasteiger partial charge in [0.1, 0.15) is 7.22 Å². The Morgan fingerprint density at radius 1 is 1.00 bits per heavy atom. The fourth-order valence-electron chi connectivity index (χ4n) is 1.09. The molecule has 0 rings (SSSR count). The smallest absolute Gasteiger partial charge is 0.267 e. The Kier molecular flexibility index (Phi) is 5.19. The predicted molar refractivity (Wildman–Crippen MR) is 77.0 cm³/mol. The van der Waals surface area contributed by atoms with E-state index >= 15 is 0 Å². The van der Waals surface area contributed by atoms with Crippen LogP contribution in [-0.4, -0.2) is 21.1 Å². The molecule has 0 bridgehead atoms.